The van der Waals surface area contributed by atoms with Crippen LogP contribution in [-0.4, -0.2) is 64.0 Å². The quantitative estimate of drug-likeness (QED) is 0.630. The van der Waals surface area contributed by atoms with E-state index >= 15 is 0 Å². The molecule has 0 spiro atoms. The molecule has 0 radical (unpaired) electrons. The Morgan fingerprint density at radius 1 is 1.06 bits per heavy atom. The Hall–Kier alpha value is -3.42. The maximum atomic E-state index is 14.7. The fourth-order valence-corrected chi connectivity index (χ4v) is 4.00. The van der Waals surface area contributed by atoms with Crippen LogP contribution in [0.5, 0.6) is 0 Å². The number of hydrogen-bond acceptors (Lipinski definition) is 4. The van der Waals surface area contributed by atoms with Gasteiger partial charge in [0.1, 0.15) is 11.5 Å². The Bertz CT molecular complexity index is 1080. The zero-order valence-electron chi connectivity index (χ0n) is 17.4. The molecule has 3 heterocycles. The van der Waals surface area contributed by atoms with E-state index in [0.717, 1.165) is 11.3 Å². The lowest BCUT2D eigenvalue weighted by atomic mass is 9.91. The molecule has 8 heteroatoms. The summed E-state index contributed by atoms with van der Waals surface area (Å²) in [5.41, 5.74) is 1.97. The molecule has 1 aromatic carbocycles. The molecular formula is C23H25FN4O3. The number of ether oxygens (including phenoxy) is 1. The van der Waals surface area contributed by atoms with Gasteiger partial charge < -0.3 is 18.9 Å². The number of imidazole rings is 1. The Morgan fingerprint density at radius 3 is 2.52 bits per heavy atom. The standard InChI is InChI=1S/C23H25FN4O3/c1-2-31-23(30)27-13-11-26(12-14-27)22(29)15-18(17-7-3-4-8-19(17)24)20-16-25-21-9-5-6-10-28(20)21/h3-10,16,18H,2,11-15H2,1H3. The molecule has 0 N–H and O–H groups in total. The smallest absolute Gasteiger partial charge is 0.409 e. The Balaban J connectivity index is 1.56. The first-order valence-corrected chi connectivity index (χ1v) is 10.4. The maximum Gasteiger partial charge on any atom is 0.409 e. The summed E-state index contributed by atoms with van der Waals surface area (Å²) in [7, 11) is 0. The molecule has 2 amide bonds. The van der Waals surface area contributed by atoms with Crippen molar-refractivity contribution in [2.45, 2.75) is 19.3 Å². The van der Waals surface area contributed by atoms with Gasteiger partial charge in [0.15, 0.2) is 0 Å². The van der Waals surface area contributed by atoms with E-state index < -0.39 is 5.92 Å². The third-order valence-corrected chi connectivity index (χ3v) is 5.62. The average Bonchev–Trinajstić information content (AvgIpc) is 3.22. The minimum absolute atomic E-state index is 0.0809. The Labute approximate surface area is 180 Å². The highest BCUT2D eigenvalue weighted by Crippen LogP contribution is 2.31. The molecule has 0 bridgehead atoms. The summed E-state index contributed by atoms with van der Waals surface area (Å²) in [6.45, 7) is 3.78. The number of benzene rings is 1. The highest BCUT2D eigenvalue weighted by Gasteiger charge is 2.29. The van der Waals surface area contributed by atoms with Crippen molar-refractivity contribution in [2.75, 3.05) is 32.8 Å². The molecule has 1 unspecified atom stereocenters. The fraction of sp³-hybridized carbons (Fsp3) is 0.348. The van der Waals surface area contributed by atoms with E-state index in [0.29, 0.717) is 38.3 Å². The predicted octanol–water partition coefficient (Wildman–Crippen LogP) is 3.30. The van der Waals surface area contributed by atoms with Crippen molar-refractivity contribution in [2.24, 2.45) is 0 Å². The maximum absolute atomic E-state index is 14.7. The number of hydrogen-bond donors (Lipinski definition) is 0. The monoisotopic (exact) mass is 424 g/mol. The van der Waals surface area contributed by atoms with Gasteiger partial charge in [-0.15, -0.1) is 0 Å². The molecule has 3 aromatic rings. The molecule has 1 aliphatic rings. The molecule has 0 aliphatic carbocycles. The van der Waals surface area contributed by atoms with Gasteiger partial charge in [-0.3, -0.25) is 4.79 Å². The van der Waals surface area contributed by atoms with Gasteiger partial charge in [0.2, 0.25) is 5.91 Å². The summed E-state index contributed by atoms with van der Waals surface area (Å²) in [5, 5.41) is 0. The first-order valence-electron chi connectivity index (χ1n) is 10.4. The number of carbonyl (C=O) groups excluding carboxylic acids is 2. The first kappa shape index (κ1) is 20.8. The van der Waals surface area contributed by atoms with Crippen LogP contribution < -0.4 is 0 Å². The second-order valence-electron chi connectivity index (χ2n) is 7.46. The lowest BCUT2D eigenvalue weighted by Gasteiger charge is -2.34. The highest BCUT2D eigenvalue weighted by atomic mass is 19.1. The molecule has 1 fully saturated rings. The van der Waals surface area contributed by atoms with E-state index in [1.807, 2.05) is 28.8 Å². The molecule has 31 heavy (non-hydrogen) atoms. The summed E-state index contributed by atoms with van der Waals surface area (Å²) in [6, 6.07) is 12.2. The van der Waals surface area contributed by atoms with E-state index in [2.05, 4.69) is 4.98 Å². The van der Waals surface area contributed by atoms with Crippen LogP contribution in [0.25, 0.3) is 5.65 Å². The second-order valence-corrected chi connectivity index (χ2v) is 7.46. The van der Waals surface area contributed by atoms with Crippen LogP contribution in [0.2, 0.25) is 0 Å². The van der Waals surface area contributed by atoms with Crippen molar-refractivity contribution in [1.29, 1.82) is 0 Å². The van der Waals surface area contributed by atoms with Crippen LogP contribution in [-0.2, 0) is 9.53 Å². The van der Waals surface area contributed by atoms with Gasteiger partial charge in [-0.1, -0.05) is 24.3 Å². The van der Waals surface area contributed by atoms with Crippen LogP contribution in [0.1, 0.15) is 30.5 Å². The van der Waals surface area contributed by atoms with Crippen molar-refractivity contribution >= 4 is 17.6 Å². The molecule has 7 nitrogen and oxygen atoms in total. The normalized spacial score (nSPS) is 15.2. The van der Waals surface area contributed by atoms with E-state index in [4.69, 9.17) is 4.74 Å². The molecule has 1 aliphatic heterocycles. The average molecular weight is 424 g/mol. The lowest BCUT2D eigenvalue weighted by Crippen LogP contribution is -2.51. The summed E-state index contributed by atoms with van der Waals surface area (Å²) >= 11 is 0. The summed E-state index contributed by atoms with van der Waals surface area (Å²) in [5.74, 6) is -0.907. The molecule has 2 aromatic heterocycles. The number of piperazine rings is 1. The number of rotatable bonds is 5. The minimum Gasteiger partial charge on any atom is -0.450 e. The first-order chi connectivity index (χ1) is 15.1. The van der Waals surface area contributed by atoms with Crippen molar-refractivity contribution in [3.63, 3.8) is 0 Å². The van der Waals surface area contributed by atoms with Crippen LogP contribution in [0.4, 0.5) is 9.18 Å². The van der Waals surface area contributed by atoms with Crippen molar-refractivity contribution in [3.8, 4) is 0 Å². The number of halogens is 1. The van der Waals surface area contributed by atoms with Crippen LogP contribution >= 0.6 is 0 Å². The van der Waals surface area contributed by atoms with E-state index in [1.54, 1.807) is 41.1 Å². The zero-order valence-corrected chi connectivity index (χ0v) is 17.4. The van der Waals surface area contributed by atoms with Gasteiger partial charge in [-0.05, 0) is 30.7 Å². The topological polar surface area (TPSA) is 67.2 Å². The summed E-state index contributed by atoms with van der Waals surface area (Å²) in [6.07, 6.45) is 3.33. The largest absolute Gasteiger partial charge is 0.450 e. The zero-order chi connectivity index (χ0) is 21.8. The number of carbonyl (C=O) groups is 2. The van der Waals surface area contributed by atoms with E-state index in [1.165, 1.54) is 6.07 Å². The van der Waals surface area contributed by atoms with Gasteiger partial charge in [0.25, 0.3) is 0 Å². The molecule has 4 rings (SSSR count). The Morgan fingerprint density at radius 2 is 1.77 bits per heavy atom. The summed E-state index contributed by atoms with van der Waals surface area (Å²) < 4.78 is 21.7. The van der Waals surface area contributed by atoms with Gasteiger partial charge in [0, 0.05) is 50.9 Å². The van der Waals surface area contributed by atoms with Gasteiger partial charge >= 0.3 is 6.09 Å². The van der Waals surface area contributed by atoms with Crippen molar-refractivity contribution < 1.29 is 18.7 Å². The minimum atomic E-state index is -0.478. The molecule has 0 saturated carbocycles. The second kappa shape index (κ2) is 9.16. The number of amides is 2. The molecule has 162 valence electrons. The Kier molecular flexibility index (Phi) is 6.16. The molecular weight excluding hydrogens is 399 g/mol. The summed E-state index contributed by atoms with van der Waals surface area (Å²) in [4.78, 5) is 32.8. The third kappa shape index (κ3) is 4.38. The number of pyridine rings is 1. The van der Waals surface area contributed by atoms with Crippen LogP contribution in [0.15, 0.2) is 54.9 Å². The van der Waals surface area contributed by atoms with Crippen LogP contribution in [0.3, 0.4) is 0 Å². The van der Waals surface area contributed by atoms with Crippen molar-refractivity contribution in [1.82, 2.24) is 19.2 Å². The highest BCUT2D eigenvalue weighted by molar-refractivity contribution is 5.78. The molecule has 1 saturated heterocycles. The number of nitrogens with zero attached hydrogens (tertiary/aromatic N) is 4. The number of aromatic nitrogens is 2. The van der Waals surface area contributed by atoms with Crippen molar-refractivity contribution in [3.05, 3.63) is 71.9 Å². The fourth-order valence-electron chi connectivity index (χ4n) is 4.00. The van der Waals surface area contributed by atoms with Gasteiger partial charge in [0.05, 0.1) is 12.3 Å². The third-order valence-electron chi connectivity index (χ3n) is 5.62. The number of fused-ring (bicyclic) bond motifs is 1. The predicted molar refractivity (Wildman–Crippen MR) is 113 cm³/mol. The van der Waals surface area contributed by atoms with E-state index in [-0.39, 0.29) is 24.2 Å². The van der Waals surface area contributed by atoms with Gasteiger partial charge in [-0.25, -0.2) is 14.2 Å². The van der Waals surface area contributed by atoms with Crippen LogP contribution in [0, 0.1) is 5.82 Å². The lowest BCUT2D eigenvalue weighted by molar-refractivity contribution is -0.133. The van der Waals surface area contributed by atoms with E-state index in [9.17, 15) is 14.0 Å². The molecule has 1 atom stereocenters. The van der Waals surface area contributed by atoms with Gasteiger partial charge in [-0.2, -0.15) is 0 Å². The SMILES string of the molecule is CCOC(=O)N1CCN(C(=O)CC(c2ccccc2F)c2cnc3ccccn23)CC1.